The Hall–Kier alpha value is -6.59. The predicted molar refractivity (Wildman–Crippen MR) is 268 cm³/mol. The molecule has 0 spiro atoms. The predicted octanol–water partition coefficient (Wildman–Crippen LogP) is 3.31. The number of hydrogen-bond donors (Lipinski definition) is 5. The van der Waals surface area contributed by atoms with Crippen molar-refractivity contribution < 1.29 is 78.6 Å². The van der Waals surface area contributed by atoms with Crippen LogP contribution in [0.4, 0.5) is 23.2 Å². The number of alkyl halides is 3. The fourth-order valence-corrected chi connectivity index (χ4v) is 8.20. The van der Waals surface area contributed by atoms with Crippen LogP contribution in [0.15, 0.2) is 124 Å². The van der Waals surface area contributed by atoms with E-state index in [4.69, 9.17) is 32.5 Å². The topological polar surface area (TPSA) is 307 Å². The summed E-state index contributed by atoms with van der Waals surface area (Å²) in [5, 5.41) is 32.6. The molecule has 9 aromatic rings. The van der Waals surface area contributed by atoms with Gasteiger partial charge in [0.15, 0.2) is 11.3 Å². The molecule has 5 heterocycles. The second-order valence-electron chi connectivity index (χ2n) is 16.8. The number of aryl methyl sites for hydroxylation is 2. The molecule has 28 heteroatoms. The number of halogens is 5. The molecule has 0 radical (unpaired) electrons. The standard InChI is InChI=1S/C21H15F3N6O3S.C16H13ClFN3O2.C6H9N3O2S.C4H9O.Na/c1-29-19-15(10-26-29)18-16(17(27-19)11-3-2-4-12(9-11)21(22,23)24)20(31)30(28-18)13-5-7-14(8-6-13)34(25,32)33;1-3-23-16(22)12-13(17)11-8-19-21(2)15(11)20-14(12)9-5-4-6-10(18)7-9;7-9-5-1-3-6(4-2-5)12(8,10)11;1-4(2,3)5;/h2-10,28H,1H3,(H2,25,32,33);4-8H,3H2,1-2H3;1-4,9H,7H2,(H2,8,10,11);1-3H3;/q;;;-1;+1. The smallest absolute Gasteiger partial charge is 0.850 e. The first-order valence-corrected chi connectivity index (χ1v) is 25.0. The number of nitrogens with one attached hydrogen (secondary N) is 2. The summed E-state index contributed by atoms with van der Waals surface area (Å²) in [4.78, 5) is 34.6. The Morgan fingerprint density at radius 3 is 1.80 bits per heavy atom. The van der Waals surface area contributed by atoms with Gasteiger partial charge in [0.1, 0.15) is 11.4 Å². The number of aromatic nitrogens is 8. The van der Waals surface area contributed by atoms with Crippen molar-refractivity contribution in [3.05, 3.63) is 142 Å². The van der Waals surface area contributed by atoms with Crippen LogP contribution in [0, 0.1) is 5.82 Å². The first-order chi connectivity index (χ1) is 34.5. The van der Waals surface area contributed by atoms with Gasteiger partial charge in [0.05, 0.1) is 78.1 Å². The third kappa shape index (κ3) is 14.2. The Bertz CT molecular complexity index is 3820. The summed E-state index contributed by atoms with van der Waals surface area (Å²) in [5.74, 6) is 4.05. The molecule has 390 valence electrons. The van der Waals surface area contributed by atoms with E-state index in [1.165, 1.54) is 89.9 Å². The van der Waals surface area contributed by atoms with Crippen molar-refractivity contribution >= 4 is 76.3 Å². The van der Waals surface area contributed by atoms with Gasteiger partial charge >= 0.3 is 41.7 Å². The summed E-state index contributed by atoms with van der Waals surface area (Å²) in [6, 6.07) is 21.4. The number of pyridine rings is 2. The molecule has 0 amide bonds. The van der Waals surface area contributed by atoms with Crippen LogP contribution in [0.1, 0.15) is 43.6 Å². The third-order valence-corrected chi connectivity index (χ3v) is 12.4. The molecule has 0 saturated heterocycles. The van der Waals surface area contributed by atoms with Gasteiger partial charge in [0, 0.05) is 30.9 Å². The van der Waals surface area contributed by atoms with E-state index in [1.54, 1.807) is 58.6 Å². The molecule has 8 N–H and O–H groups in total. The minimum Gasteiger partial charge on any atom is -0.850 e. The van der Waals surface area contributed by atoms with E-state index in [9.17, 15) is 49.1 Å². The number of esters is 1. The number of aromatic amines is 1. The van der Waals surface area contributed by atoms with Gasteiger partial charge in [-0.2, -0.15) is 23.4 Å². The summed E-state index contributed by atoms with van der Waals surface area (Å²) < 4.78 is 107. The molecule has 0 aliphatic carbocycles. The molecule has 0 fully saturated rings. The van der Waals surface area contributed by atoms with Crippen molar-refractivity contribution in [3.63, 3.8) is 0 Å². The average molecular weight is 1110 g/mol. The molecule has 75 heavy (non-hydrogen) atoms. The van der Waals surface area contributed by atoms with Gasteiger partial charge in [-0.3, -0.25) is 25.1 Å². The number of anilines is 1. The minimum absolute atomic E-state index is 0. The third-order valence-electron chi connectivity index (χ3n) is 10.2. The molecule has 9 rings (SSSR count). The molecule has 20 nitrogen and oxygen atoms in total. The van der Waals surface area contributed by atoms with E-state index in [2.05, 4.69) is 30.7 Å². The Morgan fingerprint density at radius 1 is 0.800 bits per heavy atom. The molecular weight excluding hydrogens is 1060 g/mol. The van der Waals surface area contributed by atoms with E-state index < -0.39 is 54.7 Å². The Kier molecular flexibility index (Phi) is 18.6. The summed E-state index contributed by atoms with van der Waals surface area (Å²) in [7, 11) is -4.19. The Balaban J connectivity index is 0.000000218. The van der Waals surface area contributed by atoms with Crippen LogP contribution in [-0.4, -0.2) is 74.3 Å². The maximum absolute atomic E-state index is 13.6. The van der Waals surface area contributed by atoms with Gasteiger partial charge in [0.25, 0.3) is 5.56 Å². The van der Waals surface area contributed by atoms with Crippen LogP contribution in [0.25, 0.3) is 61.2 Å². The van der Waals surface area contributed by atoms with Gasteiger partial charge in [-0.25, -0.2) is 50.9 Å². The summed E-state index contributed by atoms with van der Waals surface area (Å²) in [6.07, 6.45) is -1.55. The number of benzene rings is 4. The van der Waals surface area contributed by atoms with Gasteiger partial charge in [-0.1, -0.05) is 56.6 Å². The molecular formula is C47H46ClF4N12NaO8S2. The van der Waals surface area contributed by atoms with Crippen molar-refractivity contribution in [2.75, 3.05) is 12.0 Å². The SMILES string of the molecule is CC(C)(C)[O-].CCOC(=O)c1c(-c2cccc(F)c2)nc2c(cnn2C)c1Cl.Cn1ncc2c3[nH]n(-c4ccc(S(N)(=O)=O)cc4)c(=O)c3c(-c3cccc(C(F)(F)F)c3)nc21.NNc1ccc(S(N)(=O)=O)cc1.[Na+]. The Labute approximate surface area is 452 Å². The zero-order valence-corrected chi connectivity index (χ0v) is 45.3. The number of nitrogens with zero attached hydrogens (tertiary/aromatic N) is 7. The van der Waals surface area contributed by atoms with Crippen molar-refractivity contribution in [2.24, 2.45) is 30.2 Å². The minimum atomic E-state index is -4.57. The van der Waals surface area contributed by atoms with Crippen molar-refractivity contribution in [1.29, 1.82) is 0 Å². The number of hydrogen-bond acceptors (Lipinski definition) is 14. The number of H-pyrrole nitrogens is 1. The van der Waals surface area contributed by atoms with E-state index >= 15 is 0 Å². The molecule has 0 bridgehead atoms. The number of carbonyl (C=O) groups is 1. The maximum atomic E-state index is 13.6. The Morgan fingerprint density at radius 2 is 1.29 bits per heavy atom. The largest absolute Gasteiger partial charge is 1.00 e. The number of ether oxygens (including phenoxy) is 1. The van der Waals surface area contributed by atoms with Crippen LogP contribution in [-0.2, 0) is 45.1 Å². The quantitative estimate of drug-likeness (QED) is 0.0480. The number of fused-ring (bicyclic) bond motifs is 4. The number of nitrogen functional groups attached to an aromatic ring is 1. The van der Waals surface area contributed by atoms with E-state index in [0.717, 1.165) is 16.8 Å². The van der Waals surface area contributed by atoms with Crippen LogP contribution in [0.3, 0.4) is 0 Å². The molecule has 4 aromatic carbocycles. The molecule has 0 unspecified atom stereocenters. The molecule has 0 aliphatic rings. The molecule has 0 atom stereocenters. The zero-order chi connectivity index (χ0) is 54.7. The zero-order valence-electron chi connectivity index (χ0n) is 40.9. The van der Waals surface area contributed by atoms with Gasteiger partial charge in [0.2, 0.25) is 20.0 Å². The molecule has 5 aromatic heterocycles. The van der Waals surface area contributed by atoms with E-state index in [1.807, 2.05) is 0 Å². The monoisotopic (exact) mass is 1100 g/mol. The van der Waals surface area contributed by atoms with Gasteiger partial charge in [-0.05, 0) is 79.7 Å². The first kappa shape index (κ1) is 59.3. The molecule has 0 saturated carbocycles. The number of primary sulfonamides is 2. The number of nitrogens with two attached hydrogens (primary N) is 3. The van der Waals surface area contributed by atoms with Crippen LogP contribution in [0.5, 0.6) is 0 Å². The fourth-order valence-electron chi connectivity index (χ4n) is 6.87. The van der Waals surface area contributed by atoms with E-state index in [-0.39, 0.29) is 78.9 Å². The second kappa shape index (κ2) is 23.5. The van der Waals surface area contributed by atoms with Crippen LogP contribution < -0.4 is 61.8 Å². The van der Waals surface area contributed by atoms with Gasteiger partial charge in [-0.15, -0.1) is 5.60 Å². The molecule has 0 aliphatic heterocycles. The fraction of sp³-hybridized carbons (Fsp3) is 0.191. The summed E-state index contributed by atoms with van der Waals surface area (Å²) >= 11 is 6.39. The second-order valence-corrected chi connectivity index (χ2v) is 20.3. The van der Waals surface area contributed by atoms with E-state index in [0.29, 0.717) is 44.5 Å². The maximum Gasteiger partial charge on any atom is 1.00 e. The summed E-state index contributed by atoms with van der Waals surface area (Å²) in [5.41, 5.74) is 3.25. The number of sulfonamides is 2. The summed E-state index contributed by atoms with van der Waals surface area (Å²) in [6.45, 7) is 6.79. The van der Waals surface area contributed by atoms with Crippen LogP contribution >= 0.6 is 11.6 Å². The number of hydrazine groups is 1. The average Bonchev–Trinajstić information content (AvgIpc) is 4.01. The van der Waals surface area contributed by atoms with Crippen molar-refractivity contribution in [2.45, 2.75) is 49.3 Å². The van der Waals surface area contributed by atoms with Crippen molar-refractivity contribution in [1.82, 2.24) is 39.3 Å². The normalized spacial score (nSPS) is 11.7. The number of rotatable bonds is 8. The first-order valence-electron chi connectivity index (χ1n) is 21.5. The van der Waals surface area contributed by atoms with Crippen molar-refractivity contribution in [3.8, 4) is 28.2 Å². The van der Waals surface area contributed by atoms with Crippen LogP contribution in [0.2, 0.25) is 5.02 Å². The van der Waals surface area contributed by atoms with Gasteiger partial charge < -0.3 is 15.3 Å². The number of carbonyl (C=O) groups excluding carboxylic acids is 1.